The molecule has 1 N–H and O–H groups in total. The van der Waals surface area contributed by atoms with Crippen LogP contribution in [0.3, 0.4) is 0 Å². The number of hydrogen-bond donors (Lipinski definition) is 1. The Hall–Kier alpha value is -0.370. The van der Waals surface area contributed by atoms with Gasteiger partial charge >= 0.3 is 0 Å². The molecule has 0 aromatic heterocycles. The summed E-state index contributed by atoms with van der Waals surface area (Å²) < 4.78 is 0. The Morgan fingerprint density at radius 2 is 2.20 bits per heavy atom. The van der Waals surface area contributed by atoms with E-state index >= 15 is 0 Å². The molecular formula is C8H14O2. The Morgan fingerprint density at radius 3 is 2.60 bits per heavy atom. The minimum atomic E-state index is -0.287. The summed E-state index contributed by atoms with van der Waals surface area (Å²) in [7, 11) is 0. The highest BCUT2D eigenvalue weighted by Crippen LogP contribution is 2.33. The summed E-state index contributed by atoms with van der Waals surface area (Å²) in [6.07, 6.45) is 1.45. The van der Waals surface area contributed by atoms with Crippen LogP contribution >= 0.6 is 0 Å². The number of aliphatic hydroxyl groups excluding tert-OH is 1. The Kier molecular flexibility index (Phi) is 1.82. The zero-order valence-corrected chi connectivity index (χ0v) is 6.55. The lowest BCUT2D eigenvalue weighted by Gasteiger charge is -2.33. The van der Waals surface area contributed by atoms with Crippen LogP contribution < -0.4 is 0 Å². The zero-order valence-electron chi connectivity index (χ0n) is 6.55. The van der Waals surface area contributed by atoms with Crippen molar-refractivity contribution in [2.45, 2.75) is 39.2 Å². The van der Waals surface area contributed by atoms with E-state index in [0.29, 0.717) is 19.3 Å². The van der Waals surface area contributed by atoms with Crippen molar-refractivity contribution in [1.82, 2.24) is 0 Å². The molecule has 1 fully saturated rings. The van der Waals surface area contributed by atoms with E-state index < -0.39 is 0 Å². The highest BCUT2D eigenvalue weighted by atomic mass is 16.3. The van der Waals surface area contributed by atoms with E-state index in [1.54, 1.807) is 0 Å². The molecule has 1 aliphatic rings. The highest BCUT2D eigenvalue weighted by Gasteiger charge is 2.34. The van der Waals surface area contributed by atoms with E-state index in [0.717, 1.165) is 0 Å². The first-order valence-electron chi connectivity index (χ1n) is 3.72. The fourth-order valence-corrected chi connectivity index (χ4v) is 1.40. The first kappa shape index (κ1) is 7.73. The van der Waals surface area contributed by atoms with Crippen LogP contribution in [-0.4, -0.2) is 17.0 Å². The summed E-state index contributed by atoms with van der Waals surface area (Å²) in [6.45, 7) is 3.88. The van der Waals surface area contributed by atoms with Gasteiger partial charge in [0.25, 0.3) is 0 Å². The highest BCUT2D eigenvalue weighted by molar-refractivity contribution is 5.80. The number of hydrogen-bond acceptors (Lipinski definition) is 2. The topological polar surface area (TPSA) is 37.3 Å². The van der Waals surface area contributed by atoms with Gasteiger partial charge in [-0.2, -0.15) is 0 Å². The van der Waals surface area contributed by atoms with Crippen LogP contribution in [0.25, 0.3) is 0 Å². The van der Waals surface area contributed by atoms with Crippen LogP contribution in [0, 0.1) is 5.41 Å². The minimum Gasteiger partial charge on any atom is -0.393 e. The minimum absolute atomic E-state index is 0.185. The molecule has 1 atom stereocenters. The third kappa shape index (κ3) is 1.37. The fraction of sp³-hybridized carbons (Fsp3) is 0.875. The average Bonchev–Trinajstić information content (AvgIpc) is 1.78. The first-order chi connectivity index (χ1) is 4.52. The Labute approximate surface area is 61.2 Å². The largest absolute Gasteiger partial charge is 0.393 e. The van der Waals surface area contributed by atoms with Gasteiger partial charge in [-0.25, -0.2) is 0 Å². The number of aliphatic hydroxyl groups is 1. The molecule has 0 heterocycles. The van der Waals surface area contributed by atoms with Gasteiger partial charge in [0.15, 0.2) is 0 Å². The van der Waals surface area contributed by atoms with Crippen LogP contribution in [0.1, 0.15) is 33.1 Å². The lowest BCUT2D eigenvalue weighted by molar-refractivity contribution is -0.127. The normalized spacial score (nSPS) is 32.3. The van der Waals surface area contributed by atoms with Crippen LogP contribution in [0.15, 0.2) is 0 Å². The lowest BCUT2D eigenvalue weighted by atomic mass is 9.74. The maximum absolute atomic E-state index is 10.9. The van der Waals surface area contributed by atoms with Crippen LogP contribution in [-0.2, 0) is 4.79 Å². The van der Waals surface area contributed by atoms with Gasteiger partial charge in [0.05, 0.1) is 6.10 Å². The van der Waals surface area contributed by atoms with Crippen molar-refractivity contribution in [1.29, 1.82) is 0 Å². The summed E-state index contributed by atoms with van der Waals surface area (Å²) in [5.41, 5.74) is -0.185. The van der Waals surface area contributed by atoms with Crippen LogP contribution in [0.5, 0.6) is 0 Å². The van der Waals surface area contributed by atoms with Gasteiger partial charge in [-0.05, 0) is 11.8 Å². The maximum Gasteiger partial charge on any atom is 0.133 e. The molecule has 1 saturated carbocycles. The number of rotatable bonds is 0. The van der Waals surface area contributed by atoms with Crippen molar-refractivity contribution < 1.29 is 9.90 Å². The average molecular weight is 142 g/mol. The fourth-order valence-electron chi connectivity index (χ4n) is 1.40. The maximum atomic E-state index is 10.9. The molecule has 0 bridgehead atoms. The van der Waals surface area contributed by atoms with E-state index in [2.05, 4.69) is 0 Å². The molecule has 0 amide bonds. The van der Waals surface area contributed by atoms with Gasteiger partial charge in [0.2, 0.25) is 0 Å². The van der Waals surface area contributed by atoms with Gasteiger partial charge in [-0.1, -0.05) is 13.8 Å². The third-order valence-corrected chi connectivity index (χ3v) is 2.25. The molecule has 0 radical (unpaired) electrons. The molecule has 0 saturated heterocycles. The van der Waals surface area contributed by atoms with Gasteiger partial charge < -0.3 is 5.11 Å². The molecule has 58 valence electrons. The Bertz CT molecular complexity index is 149. The van der Waals surface area contributed by atoms with Crippen molar-refractivity contribution in [3.8, 4) is 0 Å². The molecule has 0 spiro atoms. The van der Waals surface area contributed by atoms with Crippen LogP contribution in [0.2, 0.25) is 0 Å². The number of ketones is 1. The molecule has 2 heteroatoms. The van der Waals surface area contributed by atoms with Gasteiger partial charge in [0, 0.05) is 12.8 Å². The number of Topliss-reactive ketones (excluding diaryl/α,β-unsaturated/α-hetero) is 1. The van der Waals surface area contributed by atoms with Crippen molar-refractivity contribution in [2.24, 2.45) is 5.41 Å². The molecule has 0 aliphatic heterocycles. The van der Waals surface area contributed by atoms with Crippen molar-refractivity contribution in [2.75, 3.05) is 0 Å². The summed E-state index contributed by atoms with van der Waals surface area (Å²) in [5, 5.41) is 9.40. The lowest BCUT2D eigenvalue weighted by Crippen LogP contribution is -2.36. The number of carbonyl (C=O) groups excluding carboxylic acids is 1. The molecule has 1 aliphatic carbocycles. The molecule has 1 unspecified atom stereocenters. The quantitative estimate of drug-likeness (QED) is 0.550. The van der Waals surface area contributed by atoms with Crippen molar-refractivity contribution >= 4 is 5.78 Å². The predicted molar refractivity (Wildman–Crippen MR) is 38.6 cm³/mol. The summed E-state index contributed by atoms with van der Waals surface area (Å²) in [6, 6.07) is 0. The van der Waals surface area contributed by atoms with Crippen LogP contribution in [0.4, 0.5) is 0 Å². The second kappa shape index (κ2) is 2.35. The van der Waals surface area contributed by atoms with E-state index in [4.69, 9.17) is 0 Å². The first-order valence-corrected chi connectivity index (χ1v) is 3.72. The van der Waals surface area contributed by atoms with Gasteiger partial charge in [0.1, 0.15) is 5.78 Å². The monoisotopic (exact) mass is 142 g/mol. The summed E-state index contributed by atoms with van der Waals surface area (Å²) >= 11 is 0. The van der Waals surface area contributed by atoms with E-state index in [1.165, 1.54) is 0 Å². The molecular weight excluding hydrogens is 128 g/mol. The predicted octanol–water partition coefficient (Wildman–Crippen LogP) is 1.13. The molecule has 10 heavy (non-hydrogen) atoms. The van der Waals surface area contributed by atoms with Gasteiger partial charge in [-0.3, -0.25) is 4.79 Å². The van der Waals surface area contributed by atoms with E-state index in [-0.39, 0.29) is 17.3 Å². The van der Waals surface area contributed by atoms with Crippen molar-refractivity contribution in [3.05, 3.63) is 0 Å². The Morgan fingerprint density at radius 1 is 1.60 bits per heavy atom. The molecule has 0 aromatic carbocycles. The molecule has 0 aromatic rings. The second-order valence-corrected chi connectivity index (χ2v) is 3.76. The van der Waals surface area contributed by atoms with Gasteiger partial charge in [-0.15, -0.1) is 0 Å². The SMILES string of the molecule is CC1(C)CC(=O)CCC1O. The standard InChI is InChI=1S/C8H14O2/c1-8(2)5-6(9)3-4-7(8)10/h7,10H,3-5H2,1-2H3. The Balaban J connectivity index is 2.63. The molecule has 1 rings (SSSR count). The zero-order chi connectivity index (χ0) is 7.78. The van der Waals surface area contributed by atoms with E-state index in [1.807, 2.05) is 13.8 Å². The summed E-state index contributed by atoms with van der Waals surface area (Å²) in [5.74, 6) is 0.287. The van der Waals surface area contributed by atoms with E-state index in [9.17, 15) is 9.90 Å². The third-order valence-electron chi connectivity index (χ3n) is 2.25. The molecule has 2 nitrogen and oxygen atoms in total. The number of carbonyl (C=O) groups is 1. The van der Waals surface area contributed by atoms with Crippen molar-refractivity contribution in [3.63, 3.8) is 0 Å². The summed E-state index contributed by atoms with van der Waals surface area (Å²) in [4.78, 5) is 10.9. The second-order valence-electron chi connectivity index (χ2n) is 3.76. The smallest absolute Gasteiger partial charge is 0.133 e.